The third-order valence-corrected chi connectivity index (χ3v) is 5.73. The maximum Gasteiger partial charge on any atom is 0.239 e. The Hall–Kier alpha value is -1.12. The monoisotopic (exact) mass is 464 g/mol. The summed E-state index contributed by atoms with van der Waals surface area (Å²) in [5, 5.41) is 3.28. The summed E-state index contributed by atoms with van der Waals surface area (Å²) in [6, 6.07) is 11.8. The number of nitrogens with zero attached hydrogens (tertiary/aromatic N) is 1. The van der Waals surface area contributed by atoms with Crippen LogP contribution in [0.3, 0.4) is 0 Å². The van der Waals surface area contributed by atoms with Crippen LogP contribution >= 0.6 is 39.1 Å². The first-order valence-electron chi connectivity index (χ1n) is 7.09. The highest BCUT2D eigenvalue weighted by Crippen LogP contribution is 2.25. The average Bonchev–Trinajstić information content (AvgIpc) is 2.51. The molecule has 5 nitrogen and oxygen atoms in total. The van der Waals surface area contributed by atoms with Crippen molar-refractivity contribution < 1.29 is 13.2 Å². The number of nitrogens with one attached hydrogen (secondary N) is 1. The van der Waals surface area contributed by atoms with Gasteiger partial charge in [-0.1, -0.05) is 51.3 Å². The van der Waals surface area contributed by atoms with Gasteiger partial charge >= 0.3 is 0 Å². The van der Waals surface area contributed by atoms with E-state index in [4.69, 9.17) is 23.2 Å². The Bertz CT molecular complexity index is 873. The van der Waals surface area contributed by atoms with Crippen LogP contribution in [0.25, 0.3) is 0 Å². The smallest absolute Gasteiger partial charge is 0.239 e. The van der Waals surface area contributed by atoms with Crippen LogP contribution in [0.1, 0.15) is 5.56 Å². The van der Waals surface area contributed by atoms with Crippen molar-refractivity contribution in [3.05, 3.63) is 62.5 Å². The van der Waals surface area contributed by atoms with Crippen LogP contribution < -0.4 is 5.32 Å². The van der Waals surface area contributed by atoms with Gasteiger partial charge < -0.3 is 5.32 Å². The maximum atomic E-state index is 12.2. The largest absolute Gasteiger partial charge is 0.325 e. The van der Waals surface area contributed by atoms with Crippen molar-refractivity contribution in [1.29, 1.82) is 0 Å². The van der Waals surface area contributed by atoms with Gasteiger partial charge in [-0.15, -0.1) is 0 Å². The fraction of sp³-hybridized carbons (Fsp3) is 0.188. The van der Waals surface area contributed by atoms with Crippen LogP contribution in [0, 0.1) is 0 Å². The minimum Gasteiger partial charge on any atom is -0.325 e. The number of hydrogen-bond acceptors (Lipinski definition) is 3. The van der Waals surface area contributed by atoms with Gasteiger partial charge in [0, 0.05) is 16.7 Å². The number of rotatable bonds is 6. The first-order valence-corrected chi connectivity index (χ1v) is 10.5. The summed E-state index contributed by atoms with van der Waals surface area (Å²) in [5.41, 5.74) is 1.22. The molecule has 0 aromatic heterocycles. The maximum absolute atomic E-state index is 12.2. The van der Waals surface area contributed by atoms with Crippen molar-refractivity contribution >= 4 is 60.7 Å². The first kappa shape index (κ1) is 20.2. The van der Waals surface area contributed by atoms with Crippen molar-refractivity contribution in [3.63, 3.8) is 0 Å². The highest BCUT2D eigenvalue weighted by molar-refractivity contribution is 9.10. The molecule has 0 fully saturated rings. The molecule has 25 heavy (non-hydrogen) atoms. The quantitative estimate of drug-likeness (QED) is 0.696. The van der Waals surface area contributed by atoms with Crippen LogP contribution in [-0.2, 0) is 21.4 Å². The van der Waals surface area contributed by atoms with Crippen LogP contribution in [0.4, 0.5) is 5.69 Å². The van der Waals surface area contributed by atoms with Crippen LogP contribution in [0.2, 0.25) is 10.0 Å². The molecule has 0 saturated carbocycles. The third-order valence-electron chi connectivity index (χ3n) is 3.26. The number of hydrogen-bond donors (Lipinski definition) is 1. The summed E-state index contributed by atoms with van der Waals surface area (Å²) < 4.78 is 26.0. The highest BCUT2D eigenvalue weighted by atomic mass is 79.9. The molecule has 0 atom stereocenters. The number of halogens is 3. The van der Waals surface area contributed by atoms with Gasteiger partial charge in [-0.2, -0.15) is 4.31 Å². The van der Waals surface area contributed by atoms with E-state index in [0.29, 0.717) is 15.7 Å². The lowest BCUT2D eigenvalue weighted by molar-refractivity contribution is -0.116. The zero-order chi connectivity index (χ0) is 18.6. The topological polar surface area (TPSA) is 66.5 Å². The van der Waals surface area contributed by atoms with Gasteiger partial charge in [0.05, 0.1) is 22.8 Å². The minimum absolute atomic E-state index is 0.0981. The Balaban J connectivity index is 2.09. The Labute approximate surface area is 165 Å². The summed E-state index contributed by atoms with van der Waals surface area (Å²) in [7, 11) is -3.56. The molecule has 0 heterocycles. The van der Waals surface area contributed by atoms with E-state index in [1.165, 1.54) is 6.07 Å². The SMILES string of the molecule is CS(=O)(=O)N(CC(=O)Nc1ccc(Cl)c(Cl)c1)Cc1ccc(Br)cc1. The van der Waals surface area contributed by atoms with Gasteiger partial charge in [0.15, 0.2) is 0 Å². The molecule has 9 heteroatoms. The second kappa shape index (κ2) is 8.51. The molecular weight excluding hydrogens is 451 g/mol. The van der Waals surface area contributed by atoms with E-state index in [2.05, 4.69) is 21.2 Å². The molecule has 0 bridgehead atoms. The number of anilines is 1. The van der Waals surface area contributed by atoms with Crippen LogP contribution in [-0.4, -0.2) is 31.4 Å². The number of sulfonamides is 1. The number of amides is 1. The second-order valence-corrected chi connectivity index (χ2v) is 9.05. The van der Waals surface area contributed by atoms with Crippen molar-refractivity contribution in [1.82, 2.24) is 4.31 Å². The van der Waals surface area contributed by atoms with E-state index >= 15 is 0 Å². The Morgan fingerprint density at radius 2 is 1.76 bits per heavy atom. The highest BCUT2D eigenvalue weighted by Gasteiger charge is 2.20. The van der Waals surface area contributed by atoms with E-state index in [9.17, 15) is 13.2 Å². The van der Waals surface area contributed by atoms with E-state index in [-0.39, 0.29) is 13.1 Å². The molecule has 1 N–H and O–H groups in total. The zero-order valence-corrected chi connectivity index (χ0v) is 17.1. The van der Waals surface area contributed by atoms with Crippen LogP contribution in [0.15, 0.2) is 46.9 Å². The molecule has 134 valence electrons. The second-order valence-electron chi connectivity index (χ2n) is 5.33. The normalized spacial score (nSPS) is 11.6. The minimum atomic E-state index is -3.56. The molecule has 1 amide bonds. The van der Waals surface area contributed by atoms with Gasteiger partial charge in [0.25, 0.3) is 0 Å². The van der Waals surface area contributed by atoms with E-state index in [0.717, 1.165) is 20.6 Å². The van der Waals surface area contributed by atoms with Gasteiger partial charge in [-0.25, -0.2) is 8.42 Å². The predicted octanol–water partition coefficient (Wildman–Crippen LogP) is 4.16. The number of carbonyl (C=O) groups is 1. The summed E-state index contributed by atoms with van der Waals surface area (Å²) in [5.74, 6) is -0.471. The third kappa shape index (κ3) is 6.27. The van der Waals surface area contributed by atoms with Gasteiger partial charge in [-0.05, 0) is 35.9 Å². The summed E-state index contributed by atoms with van der Waals surface area (Å²) >= 11 is 15.1. The summed E-state index contributed by atoms with van der Waals surface area (Å²) in [6.07, 6.45) is 1.07. The fourth-order valence-corrected chi connectivity index (χ4v) is 3.32. The Morgan fingerprint density at radius 3 is 2.32 bits per heavy atom. The lowest BCUT2D eigenvalue weighted by Crippen LogP contribution is -2.36. The molecule has 2 rings (SSSR count). The lowest BCUT2D eigenvalue weighted by atomic mass is 10.2. The van der Waals surface area contributed by atoms with Gasteiger partial charge in [0.2, 0.25) is 15.9 Å². The molecule has 0 unspecified atom stereocenters. The molecule has 0 spiro atoms. The molecule has 0 aliphatic carbocycles. The summed E-state index contributed by atoms with van der Waals surface area (Å²) in [6.45, 7) is -0.212. The first-order chi connectivity index (χ1) is 11.6. The standard InChI is InChI=1S/C16H15BrCl2N2O3S/c1-25(23,24)21(9-11-2-4-12(17)5-3-11)10-16(22)20-13-6-7-14(18)15(19)8-13/h2-8H,9-10H2,1H3,(H,20,22). The van der Waals surface area contributed by atoms with E-state index < -0.39 is 15.9 Å². The molecule has 0 aliphatic rings. The van der Waals surface area contributed by atoms with Crippen LogP contribution in [0.5, 0.6) is 0 Å². The molecule has 0 saturated heterocycles. The number of carbonyl (C=O) groups excluding carboxylic acids is 1. The van der Waals surface area contributed by atoms with E-state index in [1.807, 2.05) is 12.1 Å². The van der Waals surface area contributed by atoms with Gasteiger partial charge in [-0.3, -0.25) is 4.79 Å². The number of benzene rings is 2. The van der Waals surface area contributed by atoms with Gasteiger partial charge in [0.1, 0.15) is 0 Å². The van der Waals surface area contributed by atoms with Crippen molar-refractivity contribution in [2.45, 2.75) is 6.54 Å². The Morgan fingerprint density at radius 1 is 1.12 bits per heavy atom. The zero-order valence-electron chi connectivity index (χ0n) is 13.2. The van der Waals surface area contributed by atoms with Crippen molar-refractivity contribution in [3.8, 4) is 0 Å². The Kier molecular flexibility index (Phi) is 6.87. The molecule has 0 aliphatic heterocycles. The molecule has 2 aromatic rings. The summed E-state index contributed by atoms with van der Waals surface area (Å²) in [4.78, 5) is 12.2. The molecule has 0 radical (unpaired) electrons. The molecular formula is C16H15BrCl2N2O3S. The van der Waals surface area contributed by atoms with Crippen molar-refractivity contribution in [2.24, 2.45) is 0 Å². The van der Waals surface area contributed by atoms with Crippen molar-refractivity contribution in [2.75, 3.05) is 18.1 Å². The van der Waals surface area contributed by atoms with E-state index in [1.54, 1.807) is 24.3 Å². The fourth-order valence-electron chi connectivity index (χ4n) is 2.02. The lowest BCUT2D eigenvalue weighted by Gasteiger charge is -2.19. The average molecular weight is 466 g/mol. The molecule has 2 aromatic carbocycles. The predicted molar refractivity (Wildman–Crippen MR) is 104 cm³/mol.